The van der Waals surface area contributed by atoms with Gasteiger partial charge in [0.15, 0.2) is 0 Å². The molecule has 0 aliphatic carbocycles. The van der Waals surface area contributed by atoms with E-state index in [9.17, 15) is 4.79 Å². The molecule has 0 aromatic carbocycles. The van der Waals surface area contributed by atoms with Crippen LogP contribution in [0, 0.1) is 0 Å². The topological polar surface area (TPSA) is 148 Å². The van der Waals surface area contributed by atoms with Crippen molar-refractivity contribution in [3.63, 3.8) is 0 Å². The lowest BCUT2D eigenvalue weighted by atomic mass is 10.3. The summed E-state index contributed by atoms with van der Waals surface area (Å²) in [6, 6.07) is 3.18. The van der Waals surface area contributed by atoms with Crippen LogP contribution in [0.4, 0.5) is 5.95 Å². The van der Waals surface area contributed by atoms with Crippen molar-refractivity contribution in [1.29, 1.82) is 0 Å². The van der Waals surface area contributed by atoms with Gasteiger partial charge in [-0.15, -0.1) is 5.10 Å². The molecule has 0 radical (unpaired) electrons. The summed E-state index contributed by atoms with van der Waals surface area (Å²) in [6.07, 6.45) is 3.30. The van der Waals surface area contributed by atoms with Gasteiger partial charge < -0.3 is 15.6 Å². The number of hydrogen-bond acceptors (Lipinski definition) is 9. The number of carbonyl (C=O) groups is 1. The molecule has 0 aliphatic rings. The number of thioether (sulfide) groups is 1. The molecule has 3 rings (SSSR count). The van der Waals surface area contributed by atoms with Gasteiger partial charge in [-0.1, -0.05) is 16.9 Å². The Labute approximate surface area is 140 Å². The summed E-state index contributed by atoms with van der Waals surface area (Å²) in [5.74, 6) is 0.877. The fourth-order valence-electron chi connectivity index (χ4n) is 1.82. The normalized spacial score (nSPS) is 12.0. The number of amides is 1. The van der Waals surface area contributed by atoms with Gasteiger partial charge in [-0.3, -0.25) is 9.78 Å². The van der Waals surface area contributed by atoms with Crippen LogP contribution in [0.15, 0.2) is 34.2 Å². The fourth-order valence-corrected chi connectivity index (χ4v) is 2.44. The Balaban J connectivity index is 1.55. The molecule has 3 aromatic rings. The number of nitrogens with one attached hydrogen (secondary N) is 2. The number of rotatable bonds is 6. The molecule has 124 valence electrons. The van der Waals surface area contributed by atoms with Crippen molar-refractivity contribution in [3.8, 4) is 11.4 Å². The first-order valence-electron chi connectivity index (χ1n) is 6.96. The van der Waals surface area contributed by atoms with E-state index in [1.807, 2.05) is 6.07 Å². The number of anilines is 1. The monoisotopic (exact) mass is 346 g/mol. The van der Waals surface area contributed by atoms with Gasteiger partial charge in [0.05, 0.1) is 5.75 Å². The molecule has 0 saturated carbocycles. The van der Waals surface area contributed by atoms with E-state index in [1.165, 1.54) is 11.8 Å². The molecule has 1 unspecified atom stereocenters. The van der Waals surface area contributed by atoms with Gasteiger partial charge in [0, 0.05) is 18.0 Å². The number of nitrogens with two attached hydrogens (primary N) is 1. The standard InChI is InChI=1S/C13H14N8O2S/c1-7(16-9(22)6-24-13-18-12(14)19-20-13)11-17-10(21-23-11)8-3-2-4-15-5-8/h2-5,7H,6H2,1H3,(H,16,22)(H3,14,18,19,20). The van der Waals surface area contributed by atoms with Crippen LogP contribution >= 0.6 is 11.8 Å². The summed E-state index contributed by atoms with van der Waals surface area (Å²) in [5.41, 5.74) is 6.16. The average molecular weight is 346 g/mol. The molecular formula is C13H14N8O2S. The van der Waals surface area contributed by atoms with Gasteiger partial charge in [-0.2, -0.15) is 9.97 Å². The molecule has 0 fully saturated rings. The Morgan fingerprint density at radius 1 is 1.50 bits per heavy atom. The summed E-state index contributed by atoms with van der Waals surface area (Å²) >= 11 is 1.17. The van der Waals surface area contributed by atoms with Crippen LogP contribution in [-0.4, -0.2) is 42.0 Å². The summed E-state index contributed by atoms with van der Waals surface area (Å²) in [4.78, 5) is 24.1. The number of hydrogen-bond donors (Lipinski definition) is 3. The van der Waals surface area contributed by atoms with Gasteiger partial charge >= 0.3 is 0 Å². The number of carbonyl (C=O) groups excluding carboxylic acids is 1. The third-order valence-corrected chi connectivity index (χ3v) is 3.77. The fraction of sp³-hybridized carbons (Fsp3) is 0.231. The molecule has 0 spiro atoms. The Kier molecular flexibility index (Phi) is 4.70. The zero-order valence-corrected chi connectivity index (χ0v) is 13.4. The van der Waals surface area contributed by atoms with Crippen molar-refractivity contribution in [2.24, 2.45) is 0 Å². The van der Waals surface area contributed by atoms with Crippen LogP contribution in [-0.2, 0) is 4.79 Å². The highest BCUT2D eigenvalue weighted by molar-refractivity contribution is 7.99. The van der Waals surface area contributed by atoms with Crippen LogP contribution in [0.5, 0.6) is 0 Å². The molecular weight excluding hydrogens is 332 g/mol. The van der Waals surface area contributed by atoms with Gasteiger partial charge in [0.1, 0.15) is 6.04 Å². The van der Waals surface area contributed by atoms with Gasteiger partial charge in [-0.05, 0) is 19.1 Å². The van der Waals surface area contributed by atoms with E-state index in [4.69, 9.17) is 10.3 Å². The highest BCUT2D eigenvalue weighted by atomic mass is 32.2. The second-order valence-corrected chi connectivity index (χ2v) is 5.72. The summed E-state index contributed by atoms with van der Waals surface area (Å²) in [5, 5.41) is 13.4. The summed E-state index contributed by atoms with van der Waals surface area (Å²) in [6.45, 7) is 1.76. The molecule has 10 nitrogen and oxygen atoms in total. The molecule has 1 atom stereocenters. The van der Waals surface area contributed by atoms with Crippen LogP contribution in [0.1, 0.15) is 18.9 Å². The van der Waals surface area contributed by atoms with E-state index in [2.05, 4.69) is 35.6 Å². The Bertz CT molecular complexity index is 818. The maximum absolute atomic E-state index is 12.0. The predicted octanol–water partition coefficient (Wildman–Crippen LogP) is 0.801. The lowest BCUT2D eigenvalue weighted by Gasteiger charge is -2.08. The first-order chi connectivity index (χ1) is 11.6. The Hall–Kier alpha value is -2.95. The number of aromatic amines is 1. The quantitative estimate of drug-likeness (QED) is 0.551. The van der Waals surface area contributed by atoms with Crippen molar-refractivity contribution < 1.29 is 9.32 Å². The molecule has 11 heteroatoms. The molecule has 3 aromatic heterocycles. The van der Waals surface area contributed by atoms with Crippen LogP contribution < -0.4 is 11.1 Å². The molecule has 4 N–H and O–H groups in total. The molecule has 1 amide bonds. The van der Waals surface area contributed by atoms with Crippen LogP contribution in [0.3, 0.4) is 0 Å². The average Bonchev–Trinajstić information content (AvgIpc) is 3.23. The third-order valence-electron chi connectivity index (χ3n) is 2.92. The molecule has 24 heavy (non-hydrogen) atoms. The van der Waals surface area contributed by atoms with Crippen molar-refractivity contribution in [2.75, 3.05) is 11.5 Å². The van der Waals surface area contributed by atoms with Crippen LogP contribution in [0.25, 0.3) is 11.4 Å². The largest absolute Gasteiger partial charge is 0.368 e. The minimum Gasteiger partial charge on any atom is -0.368 e. The smallest absolute Gasteiger partial charge is 0.249 e. The summed E-state index contributed by atoms with van der Waals surface area (Å²) in [7, 11) is 0. The van der Waals surface area contributed by atoms with Gasteiger partial charge in [0.2, 0.25) is 28.7 Å². The van der Waals surface area contributed by atoms with Gasteiger partial charge in [-0.25, -0.2) is 5.10 Å². The first-order valence-corrected chi connectivity index (χ1v) is 7.94. The van der Waals surface area contributed by atoms with E-state index in [0.29, 0.717) is 16.9 Å². The maximum Gasteiger partial charge on any atom is 0.249 e. The van der Waals surface area contributed by atoms with Crippen molar-refractivity contribution in [1.82, 2.24) is 35.6 Å². The maximum atomic E-state index is 12.0. The van der Waals surface area contributed by atoms with E-state index < -0.39 is 6.04 Å². The number of nitrogens with zero attached hydrogens (tertiary/aromatic N) is 5. The second kappa shape index (κ2) is 7.08. The zero-order valence-electron chi connectivity index (χ0n) is 12.6. The first kappa shape index (κ1) is 15.9. The van der Waals surface area contributed by atoms with Crippen molar-refractivity contribution in [3.05, 3.63) is 30.4 Å². The van der Waals surface area contributed by atoms with Crippen molar-refractivity contribution in [2.45, 2.75) is 18.1 Å². The number of H-pyrrole nitrogens is 1. The minimum atomic E-state index is -0.423. The number of aromatic nitrogens is 6. The Morgan fingerprint density at radius 3 is 3.08 bits per heavy atom. The summed E-state index contributed by atoms with van der Waals surface area (Å²) < 4.78 is 5.19. The molecule has 0 saturated heterocycles. The molecule has 0 aliphatic heterocycles. The van der Waals surface area contributed by atoms with E-state index in [-0.39, 0.29) is 17.6 Å². The zero-order chi connectivity index (χ0) is 16.9. The highest BCUT2D eigenvalue weighted by Crippen LogP contribution is 2.18. The SMILES string of the molecule is CC(NC(=O)CSc1n[nH]c(N)n1)c1nc(-c2cccnc2)no1. The third kappa shape index (κ3) is 3.87. The second-order valence-electron chi connectivity index (χ2n) is 4.78. The van der Waals surface area contributed by atoms with Crippen LogP contribution in [0.2, 0.25) is 0 Å². The van der Waals surface area contributed by atoms with Crippen molar-refractivity contribution >= 4 is 23.6 Å². The number of pyridine rings is 1. The van der Waals surface area contributed by atoms with E-state index >= 15 is 0 Å². The minimum absolute atomic E-state index is 0.144. The van der Waals surface area contributed by atoms with Gasteiger partial charge in [0.25, 0.3) is 0 Å². The number of nitrogen functional groups attached to an aromatic ring is 1. The molecule has 0 bridgehead atoms. The highest BCUT2D eigenvalue weighted by Gasteiger charge is 2.18. The van der Waals surface area contributed by atoms with E-state index in [0.717, 1.165) is 5.56 Å². The lowest BCUT2D eigenvalue weighted by Crippen LogP contribution is -2.28. The Morgan fingerprint density at radius 2 is 2.38 bits per heavy atom. The lowest BCUT2D eigenvalue weighted by molar-refractivity contribution is -0.119. The van der Waals surface area contributed by atoms with E-state index in [1.54, 1.807) is 25.4 Å². The predicted molar refractivity (Wildman–Crippen MR) is 85.6 cm³/mol. The molecule has 3 heterocycles.